The second-order valence-electron chi connectivity index (χ2n) is 3.81. The number of rotatable bonds is 1. The summed E-state index contributed by atoms with van der Waals surface area (Å²) in [5.74, 6) is -0.338. The van der Waals surface area contributed by atoms with Crippen LogP contribution in [0.3, 0.4) is 0 Å². The monoisotopic (exact) mass is 262 g/mol. The summed E-state index contributed by atoms with van der Waals surface area (Å²) in [6.45, 7) is 1.74. The zero-order valence-corrected chi connectivity index (χ0v) is 10.5. The minimum Gasteiger partial charge on any atom is -0.292 e. The first-order chi connectivity index (χ1) is 8.54. The Hall–Kier alpha value is -1.84. The molecule has 2 rings (SSSR count). The van der Waals surface area contributed by atoms with E-state index in [1.54, 1.807) is 19.1 Å². The molecule has 1 heterocycles. The van der Waals surface area contributed by atoms with Crippen LogP contribution in [0.1, 0.15) is 12.5 Å². The molecule has 0 amide bonds. The quantitative estimate of drug-likeness (QED) is 0.759. The molecule has 1 unspecified atom stereocenters. The number of halogens is 1. The normalized spacial score (nSPS) is 19.6. The highest BCUT2D eigenvalue weighted by atomic mass is 32.1. The van der Waals surface area contributed by atoms with Crippen molar-refractivity contribution in [2.75, 3.05) is 0 Å². The molecule has 0 radical (unpaired) electrons. The van der Waals surface area contributed by atoms with Crippen molar-refractivity contribution in [3.8, 4) is 6.07 Å². The lowest BCUT2D eigenvalue weighted by atomic mass is 10.0. The van der Waals surface area contributed by atoms with Gasteiger partial charge in [0.2, 0.25) is 0 Å². The van der Waals surface area contributed by atoms with Crippen LogP contribution < -0.4 is 5.73 Å². The first-order valence-corrected chi connectivity index (χ1v) is 5.63. The Morgan fingerprint density at radius 2 is 2.06 bits per heavy atom. The Morgan fingerprint density at radius 3 is 2.61 bits per heavy atom. The van der Waals surface area contributed by atoms with E-state index in [-0.39, 0.29) is 5.82 Å². The Labute approximate surface area is 110 Å². The maximum absolute atomic E-state index is 12.9. The van der Waals surface area contributed by atoms with Gasteiger partial charge in [0.25, 0.3) is 0 Å². The van der Waals surface area contributed by atoms with Gasteiger partial charge in [0.15, 0.2) is 6.29 Å². The molecule has 0 fully saturated rings. The first kappa shape index (κ1) is 12.6. The molecule has 0 aromatic heterocycles. The molecule has 0 saturated carbocycles. The van der Waals surface area contributed by atoms with Gasteiger partial charge < -0.3 is 0 Å². The fraction of sp³-hybridized carbons (Fsp3) is 0.167. The molecular formula is C12H11FN4S. The second kappa shape index (κ2) is 4.80. The van der Waals surface area contributed by atoms with Crippen molar-refractivity contribution in [2.45, 2.75) is 13.2 Å². The van der Waals surface area contributed by atoms with E-state index in [0.717, 1.165) is 0 Å². The van der Waals surface area contributed by atoms with E-state index >= 15 is 0 Å². The van der Waals surface area contributed by atoms with E-state index in [9.17, 15) is 9.65 Å². The molecule has 0 aliphatic carbocycles. The second-order valence-corrected chi connectivity index (χ2v) is 4.25. The van der Waals surface area contributed by atoms with Crippen LogP contribution in [-0.4, -0.2) is 16.3 Å². The number of hydrogen-bond acceptors (Lipinski definition) is 5. The lowest BCUT2D eigenvalue weighted by molar-refractivity contribution is 0.438. The summed E-state index contributed by atoms with van der Waals surface area (Å²) in [6, 6.07) is 7.86. The Bertz CT molecular complexity index is 571. The van der Waals surface area contributed by atoms with Crippen LogP contribution in [0.15, 0.2) is 40.5 Å². The smallest absolute Gasteiger partial charge is 0.183 e. The van der Waals surface area contributed by atoms with Crippen molar-refractivity contribution >= 4 is 18.5 Å². The molecule has 0 spiro atoms. The van der Waals surface area contributed by atoms with E-state index in [0.29, 0.717) is 22.5 Å². The van der Waals surface area contributed by atoms with Gasteiger partial charge in [-0.15, -0.1) is 0 Å². The molecule has 1 aliphatic rings. The highest BCUT2D eigenvalue weighted by molar-refractivity contribution is 7.77. The Kier molecular flexibility index (Phi) is 3.36. The van der Waals surface area contributed by atoms with Crippen LogP contribution in [0, 0.1) is 17.1 Å². The molecule has 1 aliphatic heterocycles. The third-order valence-corrected chi connectivity index (χ3v) is 3.22. The fourth-order valence-corrected chi connectivity index (χ4v) is 1.85. The maximum Gasteiger partial charge on any atom is 0.183 e. The van der Waals surface area contributed by atoms with Gasteiger partial charge >= 0.3 is 0 Å². The van der Waals surface area contributed by atoms with Crippen LogP contribution >= 0.6 is 12.8 Å². The van der Waals surface area contributed by atoms with E-state index in [4.69, 9.17) is 5.73 Å². The highest BCUT2D eigenvalue weighted by Gasteiger charge is 2.24. The lowest BCUT2D eigenvalue weighted by Gasteiger charge is -2.28. The van der Waals surface area contributed by atoms with Crippen molar-refractivity contribution in [3.63, 3.8) is 0 Å². The van der Waals surface area contributed by atoms with Crippen molar-refractivity contribution in [1.29, 1.82) is 5.26 Å². The van der Waals surface area contributed by atoms with Gasteiger partial charge in [0, 0.05) is 11.3 Å². The molecule has 4 nitrogen and oxygen atoms in total. The van der Waals surface area contributed by atoms with Gasteiger partial charge in [-0.2, -0.15) is 5.26 Å². The Balaban J connectivity index is 2.53. The van der Waals surface area contributed by atoms with Crippen LogP contribution in [0.2, 0.25) is 0 Å². The topological polar surface area (TPSA) is 65.4 Å². The summed E-state index contributed by atoms with van der Waals surface area (Å²) < 4.78 is 14.3. The van der Waals surface area contributed by atoms with Gasteiger partial charge in [-0.05, 0) is 31.2 Å². The molecular weight excluding hydrogens is 251 g/mol. The predicted octanol–water partition coefficient (Wildman–Crippen LogP) is 1.82. The van der Waals surface area contributed by atoms with Gasteiger partial charge in [-0.25, -0.2) is 9.38 Å². The molecule has 1 atom stereocenters. The highest BCUT2D eigenvalue weighted by Crippen LogP contribution is 2.24. The summed E-state index contributed by atoms with van der Waals surface area (Å²) in [5, 5.41) is 9.19. The van der Waals surface area contributed by atoms with Crippen LogP contribution in [0.25, 0.3) is 0 Å². The van der Waals surface area contributed by atoms with E-state index in [1.165, 1.54) is 16.4 Å². The fourth-order valence-electron chi connectivity index (χ4n) is 1.70. The molecule has 92 valence electrons. The third-order valence-electron chi connectivity index (χ3n) is 2.68. The van der Waals surface area contributed by atoms with Crippen LogP contribution in [-0.2, 0) is 0 Å². The van der Waals surface area contributed by atoms with Crippen molar-refractivity contribution < 1.29 is 4.39 Å². The van der Waals surface area contributed by atoms with Gasteiger partial charge in [0.1, 0.15) is 11.9 Å². The summed E-state index contributed by atoms with van der Waals surface area (Å²) in [5.41, 5.74) is 7.92. The molecule has 18 heavy (non-hydrogen) atoms. The van der Waals surface area contributed by atoms with Crippen molar-refractivity contribution in [3.05, 3.63) is 46.9 Å². The number of nitrogens with two attached hydrogens (primary N) is 1. The number of aliphatic imine (C=N–C) groups is 1. The SMILES string of the molecule is CC1=C(C#N)C(c2ccc(F)cc2)=NC(N)N1S. The average Bonchev–Trinajstić information content (AvgIpc) is 2.37. The third kappa shape index (κ3) is 2.10. The molecule has 1 aromatic carbocycles. The van der Waals surface area contributed by atoms with Gasteiger partial charge in [0.05, 0.1) is 11.3 Å². The molecule has 0 saturated heterocycles. The zero-order valence-electron chi connectivity index (χ0n) is 9.63. The number of thiol groups is 1. The van der Waals surface area contributed by atoms with E-state index in [1.807, 2.05) is 0 Å². The van der Waals surface area contributed by atoms with Crippen LogP contribution in [0.4, 0.5) is 4.39 Å². The number of nitrogens with zero attached hydrogens (tertiary/aromatic N) is 3. The minimum absolute atomic E-state index is 0.338. The molecule has 6 heteroatoms. The minimum atomic E-state index is -0.662. The van der Waals surface area contributed by atoms with Gasteiger partial charge in [-0.1, -0.05) is 12.8 Å². The zero-order chi connectivity index (χ0) is 13.3. The lowest BCUT2D eigenvalue weighted by Crippen LogP contribution is -2.38. The first-order valence-electron chi connectivity index (χ1n) is 5.23. The van der Waals surface area contributed by atoms with E-state index < -0.39 is 6.29 Å². The van der Waals surface area contributed by atoms with E-state index in [2.05, 4.69) is 23.9 Å². The van der Waals surface area contributed by atoms with Gasteiger partial charge in [-0.3, -0.25) is 10.0 Å². The standard InChI is InChI=1S/C12H11FN4S/c1-7-10(6-14)11(16-12(15)17(7)18)8-2-4-9(13)5-3-8/h2-5,12,18H,15H2,1H3. The number of hydrogen-bond donors (Lipinski definition) is 2. The van der Waals surface area contributed by atoms with Crippen molar-refractivity contribution in [2.24, 2.45) is 10.7 Å². The summed E-state index contributed by atoms with van der Waals surface area (Å²) >= 11 is 4.17. The maximum atomic E-state index is 12.9. The predicted molar refractivity (Wildman–Crippen MR) is 70.1 cm³/mol. The summed E-state index contributed by atoms with van der Waals surface area (Å²) in [6.07, 6.45) is -0.662. The van der Waals surface area contributed by atoms with Crippen molar-refractivity contribution in [1.82, 2.24) is 4.31 Å². The molecule has 0 bridgehead atoms. The number of benzene rings is 1. The number of allylic oxidation sites excluding steroid dienone is 2. The summed E-state index contributed by atoms with van der Waals surface area (Å²) in [7, 11) is 0. The Morgan fingerprint density at radius 1 is 1.44 bits per heavy atom. The summed E-state index contributed by atoms with van der Waals surface area (Å²) in [4.78, 5) is 4.21. The average molecular weight is 262 g/mol. The largest absolute Gasteiger partial charge is 0.292 e. The number of nitriles is 1. The van der Waals surface area contributed by atoms with Crippen LogP contribution in [0.5, 0.6) is 0 Å². The molecule has 2 N–H and O–H groups in total. The molecule has 1 aromatic rings.